The lowest BCUT2D eigenvalue weighted by molar-refractivity contribution is -0.153. The molecular formula is C14H25N3O2. The quantitative estimate of drug-likeness (QED) is 0.766. The summed E-state index contributed by atoms with van der Waals surface area (Å²) in [5.41, 5.74) is 0. The number of hydrogen-bond donors (Lipinski definition) is 1. The molecule has 2 amide bonds. The number of fused-ring (bicyclic) bond motifs is 1. The van der Waals surface area contributed by atoms with Gasteiger partial charge in [-0.25, -0.2) is 0 Å². The third-order valence-corrected chi connectivity index (χ3v) is 4.11. The Morgan fingerprint density at radius 2 is 2.16 bits per heavy atom. The van der Waals surface area contributed by atoms with Crippen LogP contribution in [0, 0.1) is 0 Å². The van der Waals surface area contributed by atoms with Crippen molar-refractivity contribution in [3.63, 3.8) is 0 Å². The Kier molecular flexibility index (Phi) is 4.80. The van der Waals surface area contributed by atoms with Crippen LogP contribution in [0.4, 0.5) is 0 Å². The first-order valence-electron chi connectivity index (χ1n) is 7.49. The highest BCUT2D eigenvalue weighted by molar-refractivity contribution is 5.95. The number of hydrogen-bond acceptors (Lipinski definition) is 3. The van der Waals surface area contributed by atoms with Crippen LogP contribution in [0.5, 0.6) is 0 Å². The van der Waals surface area contributed by atoms with Crippen molar-refractivity contribution >= 4 is 11.8 Å². The van der Waals surface area contributed by atoms with Crippen LogP contribution in [-0.2, 0) is 9.59 Å². The maximum atomic E-state index is 12.4. The number of nitrogens with zero attached hydrogens (tertiary/aromatic N) is 2. The fourth-order valence-electron chi connectivity index (χ4n) is 2.97. The van der Waals surface area contributed by atoms with Crippen LogP contribution in [0.3, 0.4) is 0 Å². The summed E-state index contributed by atoms with van der Waals surface area (Å²) in [4.78, 5) is 27.9. The van der Waals surface area contributed by atoms with E-state index in [0.29, 0.717) is 12.6 Å². The number of amides is 2. The van der Waals surface area contributed by atoms with Gasteiger partial charge in [0.15, 0.2) is 0 Å². The molecule has 2 atom stereocenters. The van der Waals surface area contributed by atoms with Gasteiger partial charge in [-0.1, -0.05) is 13.8 Å². The molecule has 0 spiro atoms. The second-order valence-electron chi connectivity index (χ2n) is 5.52. The minimum absolute atomic E-state index is 0.118. The van der Waals surface area contributed by atoms with E-state index in [1.54, 1.807) is 9.80 Å². The lowest BCUT2D eigenvalue weighted by Crippen LogP contribution is -2.59. The Morgan fingerprint density at radius 1 is 1.37 bits per heavy atom. The predicted octanol–water partition coefficient (Wildman–Crippen LogP) is 0.598. The smallest absolute Gasteiger partial charge is 0.245 e. The standard InChI is InChI=1S/C14H25N3O2/c1-3-7-15-11(4-2)9-16-10-13(18)17-8-5-6-12(17)14(16)19/h11-12,15H,3-10H2,1-2H3. The van der Waals surface area contributed by atoms with E-state index in [2.05, 4.69) is 19.2 Å². The van der Waals surface area contributed by atoms with Crippen molar-refractivity contribution in [3.05, 3.63) is 0 Å². The molecular weight excluding hydrogens is 242 g/mol. The summed E-state index contributed by atoms with van der Waals surface area (Å²) in [6.07, 6.45) is 3.85. The molecule has 2 unspecified atom stereocenters. The molecule has 2 saturated heterocycles. The highest BCUT2D eigenvalue weighted by Crippen LogP contribution is 2.23. The number of nitrogens with one attached hydrogen (secondary N) is 1. The van der Waals surface area contributed by atoms with E-state index in [0.717, 1.165) is 38.8 Å². The van der Waals surface area contributed by atoms with E-state index in [4.69, 9.17) is 0 Å². The normalized spacial score (nSPS) is 24.8. The fraction of sp³-hybridized carbons (Fsp3) is 0.857. The molecule has 2 aliphatic rings. The van der Waals surface area contributed by atoms with Crippen LogP contribution in [-0.4, -0.2) is 59.9 Å². The molecule has 2 aliphatic heterocycles. The third-order valence-electron chi connectivity index (χ3n) is 4.11. The van der Waals surface area contributed by atoms with Crippen molar-refractivity contribution < 1.29 is 9.59 Å². The summed E-state index contributed by atoms with van der Waals surface area (Å²) in [5.74, 6) is 0.265. The summed E-state index contributed by atoms with van der Waals surface area (Å²) in [7, 11) is 0. The molecule has 0 saturated carbocycles. The zero-order valence-corrected chi connectivity index (χ0v) is 12.0. The van der Waals surface area contributed by atoms with Crippen LogP contribution in [0.25, 0.3) is 0 Å². The minimum atomic E-state index is -0.176. The summed E-state index contributed by atoms with van der Waals surface area (Å²) >= 11 is 0. The van der Waals surface area contributed by atoms with Gasteiger partial charge in [-0.05, 0) is 32.2 Å². The van der Waals surface area contributed by atoms with Gasteiger partial charge in [-0.15, -0.1) is 0 Å². The van der Waals surface area contributed by atoms with E-state index < -0.39 is 0 Å². The van der Waals surface area contributed by atoms with E-state index >= 15 is 0 Å². The second kappa shape index (κ2) is 6.37. The lowest BCUT2D eigenvalue weighted by atomic mass is 10.1. The molecule has 2 rings (SSSR count). The Bertz CT molecular complexity index is 346. The Balaban J connectivity index is 1.95. The number of carbonyl (C=O) groups is 2. The molecule has 0 aromatic heterocycles. The van der Waals surface area contributed by atoms with Gasteiger partial charge in [-0.3, -0.25) is 9.59 Å². The largest absolute Gasteiger partial charge is 0.330 e. The Morgan fingerprint density at radius 3 is 2.84 bits per heavy atom. The highest BCUT2D eigenvalue weighted by Gasteiger charge is 2.42. The van der Waals surface area contributed by atoms with Crippen molar-refractivity contribution in [2.24, 2.45) is 0 Å². The van der Waals surface area contributed by atoms with E-state index in [1.165, 1.54) is 0 Å². The number of rotatable bonds is 6. The molecule has 0 aliphatic carbocycles. The Labute approximate surface area is 115 Å². The molecule has 0 bridgehead atoms. The van der Waals surface area contributed by atoms with Crippen LogP contribution in [0.15, 0.2) is 0 Å². The van der Waals surface area contributed by atoms with Gasteiger partial charge < -0.3 is 15.1 Å². The molecule has 0 aromatic carbocycles. The maximum absolute atomic E-state index is 12.4. The van der Waals surface area contributed by atoms with Crippen LogP contribution in [0.2, 0.25) is 0 Å². The number of carbonyl (C=O) groups excluding carboxylic acids is 2. The molecule has 1 N–H and O–H groups in total. The average molecular weight is 267 g/mol. The van der Waals surface area contributed by atoms with Crippen molar-refractivity contribution in [2.45, 2.75) is 51.6 Å². The van der Waals surface area contributed by atoms with Crippen LogP contribution in [0.1, 0.15) is 39.5 Å². The van der Waals surface area contributed by atoms with Gasteiger partial charge in [0.1, 0.15) is 6.04 Å². The Hall–Kier alpha value is -1.10. The molecule has 0 aromatic rings. The zero-order valence-electron chi connectivity index (χ0n) is 12.0. The van der Waals surface area contributed by atoms with E-state index in [9.17, 15) is 9.59 Å². The first-order valence-corrected chi connectivity index (χ1v) is 7.49. The van der Waals surface area contributed by atoms with Gasteiger partial charge in [0.25, 0.3) is 0 Å². The molecule has 2 fully saturated rings. The van der Waals surface area contributed by atoms with Gasteiger partial charge in [0, 0.05) is 19.1 Å². The topological polar surface area (TPSA) is 52.7 Å². The van der Waals surface area contributed by atoms with Crippen molar-refractivity contribution in [2.75, 3.05) is 26.2 Å². The second-order valence-corrected chi connectivity index (χ2v) is 5.52. The van der Waals surface area contributed by atoms with Gasteiger partial charge in [0.05, 0.1) is 6.54 Å². The first kappa shape index (κ1) is 14.3. The SMILES string of the molecule is CCCNC(CC)CN1CC(=O)N2CCCC2C1=O. The third kappa shape index (κ3) is 3.08. The predicted molar refractivity (Wildman–Crippen MR) is 73.7 cm³/mol. The molecule has 5 heteroatoms. The average Bonchev–Trinajstić information content (AvgIpc) is 2.90. The first-order chi connectivity index (χ1) is 9.17. The lowest BCUT2D eigenvalue weighted by Gasteiger charge is -2.38. The fourth-order valence-corrected chi connectivity index (χ4v) is 2.97. The highest BCUT2D eigenvalue weighted by atomic mass is 16.2. The number of piperazine rings is 1. The molecule has 5 nitrogen and oxygen atoms in total. The maximum Gasteiger partial charge on any atom is 0.245 e. The summed E-state index contributed by atoms with van der Waals surface area (Å²) in [5, 5.41) is 3.44. The van der Waals surface area contributed by atoms with Gasteiger partial charge in [0.2, 0.25) is 11.8 Å². The van der Waals surface area contributed by atoms with Crippen LogP contribution < -0.4 is 5.32 Å². The zero-order chi connectivity index (χ0) is 13.8. The van der Waals surface area contributed by atoms with Crippen LogP contribution >= 0.6 is 0 Å². The van der Waals surface area contributed by atoms with Gasteiger partial charge >= 0.3 is 0 Å². The van der Waals surface area contributed by atoms with E-state index in [1.807, 2.05) is 0 Å². The monoisotopic (exact) mass is 267 g/mol. The molecule has 108 valence electrons. The molecule has 0 radical (unpaired) electrons. The van der Waals surface area contributed by atoms with Crippen molar-refractivity contribution in [3.8, 4) is 0 Å². The van der Waals surface area contributed by atoms with Crippen molar-refractivity contribution in [1.29, 1.82) is 0 Å². The minimum Gasteiger partial charge on any atom is -0.330 e. The molecule has 2 heterocycles. The van der Waals surface area contributed by atoms with Gasteiger partial charge in [-0.2, -0.15) is 0 Å². The summed E-state index contributed by atoms with van der Waals surface area (Å²) in [6, 6.07) is 0.120. The van der Waals surface area contributed by atoms with Crippen molar-refractivity contribution in [1.82, 2.24) is 15.1 Å². The molecule has 19 heavy (non-hydrogen) atoms. The summed E-state index contributed by atoms with van der Waals surface area (Å²) in [6.45, 7) is 6.89. The van der Waals surface area contributed by atoms with E-state index in [-0.39, 0.29) is 24.4 Å². The summed E-state index contributed by atoms with van der Waals surface area (Å²) < 4.78 is 0.